The first-order valence-corrected chi connectivity index (χ1v) is 6.79. The van der Waals surface area contributed by atoms with Crippen molar-refractivity contribution in [3.63, 3.8) is 0 Å². The molecule has 1 saturated heterocycles. The number of hydrogen-bond donors (Lipinski definition) is 1. The van der Waals surface area contributed by atoms with E-state index in [1.54, 1.807) is 0 Å². The second-order valence-corrected chi connectivity index (χ2v) is 6.17. The Balaban J connectivity index is 2.46. The zero-order chi connectivity index (χ0) is 10.6. The maximum absolute atomic E-state index is 11.8. The predicted molar refractivity (Wildman–Crippen MR) is 56.7 cm³/mol. The quantitative estimate of drug-likeness (QED) is 0.737. The summed E-state index contributed by atoms with van der Waals surface area (Å²) in [5.74, 6) is 0. The average molecular weight is 221 g/mol. The van der Waals surface area contributed by atoms with Gasteiger partial charge in [0.15, 0.2) is 0 Å². The van der Waals surface area contributed by atoms with Crippen molar-refractivity contribution in [1.29, 1.82) is 0 Å². The zero-order valence-electron chi connectivity index (χ0n) is 9.16. The molecule has 5 heteroatoms. The molecule has 0 saturated carbocycles. The Bertz CT molecular complexity index is 214. The Labute approximate surface area is 85.9 Å². The molecule has 0 aliphatic carbocycles. The third kappa shape index (κ3) is 3.35. The van der Waals surface area contributed by atoms with Gasteiger partial charge in [-0.15, -0.1) is 0 Å². The van der Waals surface area contributed by atoms with E-state index in [0.717, 1.165) is 6.42 Å². The molecular weight excluding hydrogens is 201 g/mol. The van der Waals surface area contributed by atoms with Crippen LogP contribution in [0.25, 0.3) is 0 Å². The molecule has 0 amide bonds. The Hall–Kier alpha value is 0.110. The molecule has 0 aromatic rings. The summed E-state index contributed by atoms with van der Waals surface area (Å²) in [6.45, 7) is 2.15. The van der Waals surface area contributed by atoms with Crippen LogP contribution in [0, 0.1) is 0 Å². The molecule has 0 radical (unpaired) electrons. The highest BCUT2D eigenvalue weighted by Crippen LogP contribution is 2.47. The van der Waals surface area contributed by atoms with Gasteiger partial charge >= 0.3 is 7.60 Å². The standard InChI is InChI=1S/C9H20NO3P/c1-8-5-4-6-9(10-8)7-14(11,12-2)13-3/h8-10H,4-7H2,1-3H3. The molecule has 4 nitrogen and oxygen atoms in total. The van der Waals surface area contributed by atoms with Crippen molar-refractivity contribution in [3.05, 3.63) is 0 Å². The van der Waals surface area contributed by atoms with E-state index in [0.29, 0.717) is 12.2 Å². The average Bonchev–Trinajstić information content (AvgIpc) is 2.18. The van der Waals surface area contributed by atoms with E-state index in [1.807, 2.05) is 0 Å². The van der Waals surface area contributed by atoms with Crippen molar-refractivity contribution in [1.82, 2.24) is 5.32 Å². The summed E-state index contributed by atoms with van der Waals surface area (Å²) in [6, 6.07) is 0.778. The molecule has 1 aliphatic rings. The highest BCUT2D eigenvalue weighted by molar-refractivity contribution is 7.53. The SMILES string of the molecule is COP(=O)(CC1CCCC(C)N1)OC. The van der Waals surface area contributed by atoms with Gasteiger partial charge in [0.25, 0.3) is 0 Å². The topological polar surface area (TPSA) is 47.6 Å². The van der Waals surface area contributed by atoms with Gasteiger partial charge in [-0.25, -0.2) is 0 Å². The normalized spacial score (nSPS) is 29.1. The molecular formula is C9H20NO3P. The summed E-state index contributed by atoms with van der Waals surface area (Å²) in [5, 5.41) is 3.41. The van der Waals surface area contributed by atoms with E-state index in [4.69, 9.17) is 9.05 Å². The lowest BCUT2D eigenvalue weighted by Crippen LogP contribution is -2.42. The Morgan fingerprint density at radius 3 is 2.50 bits per heavy atom. The summed E-state index contributed by atoms with van der Waals surface area (Å²) >= 11 is 0. The second kappa shape index (κ2) is 5.26. The summed E-state index contributed by atoms with van der Waals surface area (Å²) in [6.07, 6.45) is 3.92. The van der Waals surface area contributed by atoms with Crippen LogP contribution in [0.15, 0.2) is 0 Å². The number of nitrogens with one attached hydrogen (secondary N) is 1. The molecule has 0 aromatic heterocycles. The van der Waals surface area contributed by atoms with E-state index < -0.39 is 7.60 Å². The fraction of sp³-hybridized carbons (Fsp3) is 1.00. The number of piperidine rings is 1. The minimum absolute atomic E-state index is 0.268. The van der Waals surface area contributed by atoms with Gasteiger partial charge in [0.1, 0.15) is 0 Å². The van der Waals surface area contributed by atoms with Gasteiger partial charge in [-0.3, -0.25) is 4.57 Å². The van der Waals surface area contributed by atoms with Gasteiger partial charge in [-0.05, 0) is 19.8 Å². The van der Waals surface area contributed by atoms with Gasteiger partial charge in [-0.2, -0.15) is 0 Å². The molecule has 2 atom stereocenters. The van der Waals surface area contributed by atoms with Crippen molar-refractivity contribution in [2.24, 2.45) is 0 Å². The maximum Gasteiger partial charge on any atom is 0.331 e. The van der Waals surface area contributed by atoms with Crippen LogP contribution in [-0.2, 0) is 13.6 Å². The van der Waals surface area contributed by atoms with E-state index in [9.17, 15) is 4.57 Å². The molecule has 1 aliphatic heterocycles. The summed E-state index contributed by atoms with van der Waals surface area (Å²) < 4.78 is 21.7. The van der Waals surface area contributed by atoms with Gasteiger partial charge < -0.3 is 14.4 Å². The van der Waals surface area contributed by atoms with E-state index in [2.05, 4.69) is 12.2 Å². The molecule has 84 valence electrons. The number of rotatable bonds is 4. The fourth-order valence-electron chi connectivity index (χ4n) is 1.88. The van der Waals surface area contributed by atoms with Crippen LogP contribution >= 0.6 is 7.60 Å². The predicted octanol–water partition coefficient (Wildman–Crippen LogP) is 2.00. The summed E-state index contributed by atoms with van der Waals surface area (Å²) in [7, 11) is 0.0434. The fourth-order valence-corrected chi connectivity index (χ4v) is 3.15. The van der Waals surface area contributed by atoms with E-state index in [-0.39, 0.29) is 6.04 Å². The highest BCUT2D eigenvalue weighted by atomic mass is 31.2. The first kappa shape index (κ1) is 12.2. The molecule has 14 heavy (non-hydrogen) atoms. The second-order valence-electron chi connectivity index (χ2n) is 3.85. The minimum atomic E-state index is -2.84. The van der Waals surface area contributed by atoms with Gasteiger partial charge in [0, 0.05) is 26.3 Å². The number of hydrogen-bond acceptors (Lipinski definition) is 4. The Kier molecular flexibility index (Phi) is 4.58. The molecule has 2 unspecified atom stereocenters. The van der Waals surface area contributed by atoms with Crippen LogP contribution in [0.2, 0.25) is 0 Å². The van der Waals surface area contributed by atoms with Crippen LogP contribution < -0.4 is 5.32 Å². The minimum Gasteiger partial charge on any atom is -0.312 e. The third-order valence-corrected chi connectivity index (χ3v) is 4.71. The maximum atomic E-state index is 11.8. The molecule has 0 spiro atoms. The summed E-state index contributed by atoms with van der Waals surface area (Å²) in [4.78, 5) is 0. The van der Waals surface area contributed by atoms with E-state index in [1.165, 1.54) is 27.1 Å². The van der Waals surface area contributed by atoms with Gasteiger partial charge in [0.2, 0.25) is 0 Å². The van der Waals surface area contributed by atoms with Crippen molar-refractivity contribution in [2.75, 3.05) is 20.4 Å². The van der Waals surface area contributed by atoms with Crippen molar-refractivity contribution in [3.8, 4) is 0 Å². The lowest BCUT2D eigenvalue weighted by atomic mass is 10.0. The molecule has 1 N–H and O–H groups in total. The largest absolute Gasteiger partial charge is 0.331 e. The van der Waals surface area contributed by atoms with Crippen molar-refractivity contribution < 1.29 is 13.6 Å². The first-order chi connectivity index (χ1) is 6.59. The monoisotopic (exact) mass is 221 g/mol. The van der Waals surface area contributed by atoms with Gasteiger partial charge in [0.05, 0.1) is 6.16 Å². The molecule has 1 heterocycles. The third-order valence-electron chi connectivity index (χ3n) is 2.71. The Morgan fingerprint density at radius 1 is 1.36 bits per heavy atom. The first-order valence-electron chi connectivity index (χ1n) is 5.06. The smallest absolute Gasteiger partial charge is 0.312 e. The lowest BCUT2D eigenvalue weighted by molar-refractivity contribution is 0.262. The van der Waals surface area contributed by atoms with Crippen LogP contribution in [0.3, 0.4) is 0 Å². The van der Waals surface area contributed by atoms with E-state index >= 15 is 0 Å². The molecule has 1 rings (SSSR count). The van der Waals surface area contributed by atoms with Crippen LogP contribution in [0.4, 0.5) is 0 Å². The molecule has 0 aromatic carbocycles. The zero-order valence-corrected chi connectivity index (χ0v) is 10.0. The molecule has 0 bridgehead atoms. The van der Waals surface area contributed by atoms with Crippen LogP contribution in [-0.4, -0.2) is 32.5 Å². The highest BCUT2D eigenvalue weighted by Gasteiger charge is 2.28. The van der Waals surface area contributed by atoms with Crippen LogP contribution in [0.1, 0.15) is 26.2 Å². The molecule has 1 fully saturated rings. The van der Waals surface area contributed by atoms with Gasteiger partial charge in [-0.1, -0.05) is 6.42 Å². The van der Waals surface area contributed by atoms with Crippen LogP contribution in [0.5, 0.6) is 0 Å². The summed E-state index contributed by atoms with van der Waals surface area (Å²) in [5.41, 5.74) is 0. The Morgan fingerprint density at radius 2 is 2.00 bits per heavy atom. The van der Waals surface area contributed by atoms with Crippen molar-refractivity contribution >= 4 is 7.60 Å². The van der Waals surface area contributed by atoms with Crippen molar-refractivity contribution in [2.45, 2.75) is 38.3 Å². The lowest BCUT2D eigenvalue weighted by Gasteiger charge is -2.30.